The molecule has 1 saturated carbocycles. The third-order valence-corrected chi connectivity index (χ3v) is 6.61. The van der Waals surface area contributed by atoms with Gasteiger partial charge in [-0.2, -0.15) is 5.10 Å². The lowest BCUT2D eigenvalue weighted by Crippen LogP contribution is -2.27. The minimum absolute atomic E-state index is 0.0987. The molecule has 1 aliphatic carbocycles. The van der Waals surface area contributed by atoms with Gasteiger partial charge in [-0.25, -0.2) is 14.8 Å². The molecule has 6 nitrogen and oxygen atoms in total. The molecule has 1 aromatic carbocycles. The molecule has 0 spiro atoms. The highest BCUT2D eigenvalue weighted by molar-refractivity contribution is 7.17. The van der Waals surface area contributed by atoms with Crippen molar-refractivity contribution in [3.63, 3.8) is 0 Å². The van der Waals surface area contributed by atoms with Crippen LogP contribution in [0.2, 0.25) is 0 Å². The van der Waals surface area contributed by atoms with E-state index in [1.807, 2.05) is 37.9 Å². The Morgan fingerprint density at radius 2 is 2.00 bits per heavy atom. The SMILES string of the molecule is CCOC(=O)c1sc(N2N=C3CCCC[C@H]3[C@H]2c2ccc(OCC)cc2)nc1C. The Hall–Kier alpha value is -2.41. The number of hydrogen-bond acceptors (Lipinski definition) is 7. The summed E-state index contributed by atoms with van der Waals surface area (Å²) in [5, 5.41) is 7.76. The van der Waals surface area contributed by atoms with Gasteiger partial charge in [-0.1, -0.05) is 29.9 Å². The maximum Gasteiger partial charge on any atom is 0.350 e. The number of nitrogens with zero attached hydrogens (tertiary/aromatic N) is 3. The van der Waals surface area contributed by atoms with Gasteiger partial charge in [0.1, 0.15) is 10.6 Å². The van der Waals surface area contributed by atoms with Crippen molar-refractivity contribution in [2.75, 3.05) is 18.2 Å². The van der Waals surface area contributed by atoms with Crippen LogP contribution < -0.4 is 9.75 Å². The molecule has 154 valence electrons. The van der Waals surface area contributed by atoms with Gasteiger partial charge in [-0.15, -0.1) is 0 Å². The Bertz CT molecular complexity index is 907. The molecule has 4 rings (SSSR count). The zero-order chi connectivity index (χ0) is 20.4. The third-order valence-electron chi connectivity index (χ3n) is 5.48. The lowest BCUT2D eigenvalue weighted by atomic mass is 9.80. The van der Waals surface area contributed by atoms with Gasteiger partial charge in [0.25, 0.3) is 0 Å². The number of aryl methyl sites for hydroxylation is 1. The van der Waals surface area contributed by atoms with Crippen molar-refractivity contribution in [3.8, 4) is 5.75 Å². The zero-order valence-corrected chi connectivity index (χ0v) is 18.0. The molecule has 2 atom stereocenters. The summed E-state index contributed by atoms with van der Waals surface area (Å²) < 4.78 is 10.8. The van der Waals surface area contributed by atoms with E-state index in [4.69, 9.17) is 14.6 Å². The predicted octanol–water partition coefficient (Wildman–Crippen LogP) is 5.13. The average molecular weight is 414 g/mol. The second-order valence-electron chi connectivity index (χ2n) is 7.37. The van der Waals surface area contributed by atoms with E-state index in [1.54, 1.807) is 0 Å². The first-order chi connectivity index (χ1) is 14.1. The summed E-state index contributed by atoms with van der Waals surface area (Å²) in [7, 11) is 0. The average Bonchev–Trinajstić information content (AvgIpc) is 3.30. The summed E-state index contributed by atoms with van der Waals surface area (Å²) in [4.78, 5) is 17.5. The first-order valence-corrected chi connectivity index (χ1v) is 11.2. The van der Waals surface area contributed by atoms with Crippen molar-refractivity contribution in [2.45, 2.75) is 52.5 Å². The van der Waals surface area contributed by atoms with Crippen molar-refractivity contribution < 1.29 is 14.3 Å². The molecule has 1 aromatic heterocycles. The molecule has 0 unspecified atom stereocenters. The predicted molar refractivity (Wildman–Crippen MR) is 115 cm³/mol. The van der Waals surface area contributed by atoms with Crippen LogP contribution in [0.5, 0.6) is 5.75 Å². The summed E-state index contributed by atoms with van der Waals surface area (Å²) in [6.45, 7) is 6.66. The number of benzene rings is 1. The number of hydrazone groups is 1. The van der Waals surface area contributed by atoms with Crippen LogP contribution in [-0.4, -0.2) is 29.9 Å². The fraction of sp³-hybridized carbons (Fsp3) is 0.500. The summed E-state index contributed by atoms with van der Waals surface area (Å²) >= 11 is 1.37. The van der Waals surface area contributed by atoms with Gasteiger partial charge in [0.15, 0.2) is 0 Å². The minimum Gasteiger partial charge on any atom is -0.494 e. The number of fused-ring (bicyclic) bond motifs is 1. The van der Waals surface area contributed by atoms with Gasteiger partial charge in [0.05, 0.1) is 24.9 Å². The Labute approximate surface area is 175 Å². The normalized spacial score (nSPS) is 20.9. The van der Waals surface area contributed by atoms with E-state index < -0.39 is 0 Å². The van der Waals surface area contributed by atoms with Crippen molar-refractivity contribution in [2.24, 2.45) is 11.0 Å². The van der Waals surface area contributed by atoms with Crippen molar-refractivity contribution >= 4 is 28.1 Å². The summed E-state index contributed by atoms with van der Waals surface area (Å²) in [6, 6.07) is 8.40. The van der Waals surface area contributed by atoms with Crippen molar-refractivity contribution in [1.82, 2.24) is 4.98 Å². The van der Waals surface area contributed by atoms with Gasteiger partial charge < -0.3 is 9.47 Å². The fourth-order valence-corrected chi connectivity index (χ4v) is 5.14. The number of thiazole rings is 1. The highest BCUT2D eigenvalue weighted by atomic mass is 32.1. The quantitative estimate of drug-likeness (QED) is 0.614. The van der Waals surface area contributed by atoms with Gasteiger partial charge in [-0.05, 0) is 57.7 Å². The molecule has 0 N–H and O–H groups in total. The number of carbonyl (C=O) groups is 1. The first kappa shape index (κ1) is 19.9. The lowest BCUT2D eigenvalue weighted by Gasteiger charge is -2.28. The third kappa shape index (κ3) is 3.88. The molecule has 2 aliphatic rings. The lowest BCUT2D eigenvalue weighted by molar-refractivity contribution is 0.0531. The summed E-state index contributed by atoms with van der Waals surface area (Å²) in [6.07, 6.45) is 4.56. The van der Waals surface area contributed by atoms with Crippen LogP contribution in [0.15, 0.2) is 29.4 Å². The molecule has 29 heavy (non-hydrogen) atoms. The second kappa shape index (κ2) is 8.53. The van der Waals surface area contributed by atoms with Crippen LogP contribution >= 0.6 is 11.3 Å². The second-order valence-corrected chi connectivity index (χ2v) is 8.34. The monoisotopic (exact) mass is 413 g/mol. The molecule has 7 heteroatoms. The van der Waals surface area contributed by atoms with Gasteiger partial charge >= 0.3 is 5.97 Å². The van der Waals surface area contributed by atoms with E-state index in [0.29, 0.717) is 29.7 Å². The molecule has 2 heterocycles. The maximum absolute atomic E-state index is 12.3. The van der Waals surface area contributed by atoms with Crippen molar-refractivity contribution in [3.05, 3.63) is 40.4 Å². The summed E-state index contributed by atoms with van der Waals surface area (Å²) in [5.41, 5.74) is 3.15. The van der Waals surface area contributed by atoms with Crippen LogP contribution in [0.25, 0.3) is 0 Å². The number of hydrogen-bond donors (Lipinski definition) is 0. The number of rotatable bonds is 6. The van der Waals surface area contributed by atoms with E-state index in [0.717, 1.165) is 23.7 Å². The largest absolute Gasteiger partial charge is 0.494 e. The Morgan fingerprint density at radius 1 is 1.21 bits per heavy atom. The Morgan fingerprint density at radius 3 is 2.72 bits per heavy atom. The highest BCUT2D eigenvalue weighted by Crippen LogP contribution is 2.46. The number of ether oxygens (including phenoxy) is 2. The molecule has 2 aromatic rings. The molecular weight excluding hydrogens is 386 g/mol. The number of aromatic nitrogens is 1. The van der Waals surface area contributed by atoms with Crippen LogP contribution in [0, 0.1) is 12.8 Å². The summed E-state index contributed by atoms with van der Waals surface area (Å²) in [5.74, 6) is 0.952. The van der Waals surface area contributed by atoms with Gasteiger partial charge in [0, 0.05) is 11.6 Å². The number of esters is 1. The molecule has 0 radical (unpaired) electrons. The Kier molecular flexibility index (Phi) is 5.85. The number of anilines is 1. The highest BCUT2D eigenvalue weighted by Gasteiger charge is 2.41. The van der Waals surface area contributed by atoms with Crippen LogP contribution in [0.4, 0.5) is 5.13 Å². The van der Waals surface area contributed by atoms with Crippen LogP contribution in [0.3, 0.4) is 0 Å². The van der Waals surface area contributed by atoms with E-state index in [1.165, 1.54) is 35.5 Å². The zero-order valence-electron chi connectivity index (χ0n) is 17.2. The molecule has 0 saturated heterocycles. The van der Waals surface area contributed by atoms with E-state index in [2.05, 4.69) is 17.1 Å². The maximum atomic E-state index is 12.3. The van der Waals surface area contributed by atoms with E-state index >= 15 is 0 Å². The first-order valence-electron chi connectivity index (χ1n) is 10.4. The molecule has 1 aliphatic heterocycles. The van der Waals surface area contributed by atoms with Gasteiger partial charge in [0.2, 0.25) is 5.13 Å². The topological polar surface area (TPSA) is 64.0 Å². The van der Waals surface area contributed by atoms with Crippen molar-refractivity contribution in [1.29, 1.82) is 0 Å². The molecule has 1 fully saturated rings. The van der Waals surface area contributed by atoms with Crippen LogP contribution in [-0.2, 0) is 4.74 Å². The fourth-order valence-electron chi connectivity index (χ4n) is 4.19. The van der Waals surface area contributed by atoms with E-state index in [9.17, 15) is 4.79 Å². The molecule has 0 bridgehead atoms. The van der Waals surface area contributed by atoms with Crippen LogP contribution in [0.1, 0.15) is 66.5 Å². The van der Waals surface area contributed by atoms with Gasteiger partial charge in [-0.3, -0.25) is 0 Å². The smallest absolute Gasteiger partial charge is 0.350 e. The Balaban J connectivity index is 1.69. The number of carbonyl (C=O) groups excluding carboxylic acids is 1. The minimum atomic E-state index is -0.310. The molecule has 0 amide bonds. The molecular formula is C22H27N3O3S. The standard InChI is InChI=1S/C22H27N3O3S/c1-4-27-16-12-10-15(11-13-16)19-17-8-6-7-9-18(17)24-25(19)22-23-14(3)20(29-22)21(26)28-5-2/h10-13,17,19H,4-9H2,1-3H3/t17-,19-/m1/s1. The van der Waals surface area contributed by atoms with E-state index in [-0.39, 0.29) is 12.0 Å².